The zero-order chi connectivity index (χ0) is 7.82. The predicted molar refractivity (Wildman–Crippen MR) is 55.1 cm³/mol. The molecule has 0 unspecified atom stereocenters. The van der Waals surface area contributed by atoms with Crippen molar-refractivity contribution in [3.8, 4) is 0 Å². The molecule has 0 aromatic rings. The summed E-state index contributed by atoms with van der Waals surface area (Å²) < 4.78 is 0. The molecule has 0 amide bonds. The van der Waals surface area contributed by atoms with Crippen molar-refractivity contribution in [3.05, 3.63) is 0 Å². The average molecular weight is 199 g/mol. The monoisotopic (exact) mass is 198 g/mol. The van der Waals surface area contributed by atoms with Crippen molar-refractivity contribution in [1.82, 2.24) is 0 Å². The predicted octanol–water partition coefficient (Wildman–Crippen LogP) is 3.80. The van der Waals surface area contributed by atoms with E-state index in [9.17, 15) is 0 Å². The Morgan fingerprint density at radius 2 is 2.10 bits per heavy atom. The van der Waals surface area contributed by atoms with E-state index in [0.717, 1.165) is 17.6 Å². The topological polar surface area (TPSA) is 0 Å². The van der Waals surface area contributed by atoms with E-state index in [4.69, 9.17) is 11.6 Å². The van der Waals surface area contributed by atoms with Crippen molar-refractivity contribution in [3.63, 3.8) is 0 Å². The second-order valence-corrected chi connectivity index (χ2v) is 5.35. The second-order valence-electron chi connectivity index (χ2n) is 2.01. The van der Waals surface area contributed by atoms with Crippen molar-refractivity contribution >= 4 is 33.2 Å². The third-order valence-electron chi connectivity index (χ3n) is 1.21. The van der Waals surface area contributed by atoms with Crippen LogP contribution < -0.4 is 0 Å². The van der Waals surface area contributed by atoms with Gasteiger partial charge in [0.2, 0.25) is 0 Å². The van der Waals surface area contributed by atoms with Crippen LogP contribution in [-0.2, 0) is 0 Å². The number of rotatable bonds is 6. The molecule has 0 N–H and O–H groups in total. The zero-order valence-electron chi connectivity index (χ0n) is 6.60. The fraction of sp³-hybridized carbons (Fsp3) is 1.00. The van der Waals surface area contributed by atoms with Gasteiger partial charge in [-0.15, -0.1) is 11.6 Å². The number of halogens is 1. The minimum Gasteiger partial charge on any atom is -0.127 e. The van der Waals surface area contributed by atoms with Crippen LogP contribution in [-0.4, -0.2) is 16.9 Å². The molecule has 0 bridgehead atoms. The molecule has 0 nitrogen and oxygen atoms in total. The van der Waals surface area contributed by atoms with Crippen LogP contribution in [0.3, 0.4) is 0 Å². The van der Waals surface area contributed by atoms with Crippen LogP contribution in [0.15, 0.2) is 0 Å². The Kier molecular flexibility index (Phi) is 8.89. The lowest BCUT2D eigenvalue weighted by Crippen LogP contribution is -1.99. The van der Waals surface area contributed by atoms with Crippen LogP contribution in [0.25, 0.3) is 0 Å². The largest absolute Gasteiger partial charge is 0.127 e. The molecule has 0 aromatic heterocycles. The van der Waals surface area contributed by atoms with E-state index in [1.54, 1.807) is 0 Å². The van der Waals surface area contributed by atoms with Crippen LogP contribution in [0.2, 0.25) is 0 Å². The van der Waals surface area contributed by atoms with E-state index in [0.29, 0.717) is 0 Å². The molecular formula is C7H15ClS2. The van der Waals surface area contributed by atoms with Gasteiger partial charge in [-0.3, -0.25) is 0 Å². The first-order valence-corrected chi connectivity index (χ1v) is 6.61. The van der Waals surface area contributed by atoms with Gasteiger partial charge < -0.3 is 0 Å². The molecule has 0 aromatic carbocycles. The smallest absolute Gasteiger partial charge is 0.0234 e. The summed E-state index contributed by atoms with van der Waals surface area (Å²) in [6, 6.07) is 0. The van der Waals surface area contributed by atoms with E-state index >= 15 is 0 Å². The maximum Gasteiger partial charge on any atom is 0.0234 e. The number of alkyl halides is 1. The lowest BCUT2D eigenvalue weighted by Gasteiger charge is -2.09. The maximum absolute atomic E-state index is 5.63. The number of hydrogen-bond donors (Lipinski definition) is 0. The fourth-order valence-electron chi connectivity index (χ4n) is 0.606. The Labute approximate surface area is 76.9 Å². The Morgan fingerprint density at radius 3 is 2.50 bits per heavy atom. The molecule has 0 heterocycles. The lowest BCUT2D eigenvalue weighted by atomic mass is 10.3. The fourth-order valence-corrected chi connectivity index (χ4v) is 3.36. The second kappa shape index (κ2) is 8.09. The molecule has 0 saturated carbocycles. The summed E-state index contributed by atoms with van der Waals surface area (Å²) >= 11 is 5.63. The first-order chi connectivity index (χ1) is 4.85. The third-order valence-corrected chi connectivity index (χ3v) is 4.57. The highest BCUT2D eigenvalue weighted by atomic mass is 35.5. The van der Waals surface area contributed by atoms with Gasteiger partial charge in [0.1, 0.15) is 0 Å². The molecule has 10 heavy (non-hydrogen) atoms. The minimum absolute atomic E-state index is 0.766. The number of hydrogen-bond acceptors (Lipinski definition) is 2. The minimum atomic E-state index is 0.766. The molecular weight excluding hydrogens is 184 g/mol. The Morgan fingerprint density at radius 1 is 1.40 bits per heavy atom. The molecule has 0 radical (unpaired) electrons. The Balaban J connectivity index is 3.21. The van der Waals surface area contributed by atoms with Crippen LogP contribution in [0.5, 0.6) is 0 Å². The summed E-state index contributed by atoms with van der Waals surface area (Å²) in [4.78, 5) is 0. The van der Waals surface area contributed by atoms with Crippen molar-refractivity contribution in [2.45, 2.75) is 31.9 Å². The summed E-state index contributed by atoms with van der Waals surface area (Å²) in [5, 5.41) is 0.766. The average Bonchev–Trinajstić information content (AvgIpc) is 1.98. The van der Waals surface area contributed by atoms with Crippen LogP contribution in [0.4, 0.5) is 0 Å². The molecule has 0 fully saturated rings. The normalized spacial score (nSPS) is 13.5. The van der Waals surface area contributed by atoms with E-state index in [-0.39, 0.29) is 0 Å². The van der Waals surface area contributed by atoms with E-state index in [1.807, 2.05) is 21.6 Å². The van der Waals surface area contributed by atoms with Gasteiger partial charge in [0, 0.05) is 16.9 Å². The van der Waals surface area contributed by atoms with Gasteiger partial charge in [-0.05, 0) is 12.8 Å². The van der Waals surface area contributed by atoms with Crippen molar-refractivity contribution in [2.24, 2.45) is 0 Å². The Hall–Kier alpha value is 0.990. The highest BCUT2D eigenvalue weighted by Gasteiger charge is 2.04. The standard InChI is InChI=1S/C7H15ClS2/c1-3-7(5-6-8)10-9-4-2/h7H,3-6H2,1-2H3/t7-/m1/s1. The molecule has 1 atom stereocenters. The van der Waals surface area contributed by atoms with Crippen LogP contribution in [0, 0.1) is 0 Å². The van der Waals surface area contributed by atoms with Gasteiger partial charge in [0.25, 0.3) is 0 Å². The Bertz CT molecular complexity index is 68.6. The third kappa shape index (κ3) is 5.75. The van der Waals surface area contributed by atoms with E-state index in [2.05, 4.69) is 13.8 Å². The summed E-state index contributed by atoms with van der Waals surface area (Å²) in [5.74, 6) is 2.00. The van der Waals surface area contributed by atoms with Gasteiger partial charge in [-0.25, -0.2) is 0 Å². The van der Waals surface area contributed by atoms with E-state index in [1.165, 1.54) is 12.2 Å². The van der Waals surface area contributed by atoms with Gasteiger partial charge >= 0.3 is 0 Å². The van der Waals surface area contributed by atoms with Gasteiger partial charge in [0.05, 0.1) is 0 Å². The lowest BCUT2D eigenvalue weighted by molar-refractivity contribution is 0.801. The van der Waals surface area contributed by atoms with Crippen molar-refractivity contribution in [1.29, 1.82) is 0 Å². The van der Waals surface area contributed by atoms with Crippen LogP contribution >= 0.6 is 33.2 Å². The van der Waals surface area contributed by atoms with Crippen molar-refractivity contribution in [2.75, 3.05) is 11.6 Å². The first kappa shape index (κ1) is 11.0. The maximum atomic E-state index is 5.63. The molecule has 0 aliphatic rings. The van der Waals surface area contributed by atoms with Gasteiger partial charge in [-0.1, -0.05) is 35.4 Å². The SMILES string of the molecule is CCSS[C@H](CC)CCCl. The van der Waals surface area contributed by atoms with Gasteiger partial charge in [-0.2, -0.15) is 0 Å². The molecule has 0 aliphatic heterocycles. The zero-order valence-corrected chi connectivity index (χ0v) is 8.99. The quantitative estimate of drug-likeness (QED) is 0.471. The first-order valence-electron chi connectivity index (χ1n) is 3.69. The highest BCUT2D eigenvalue weighted by molar-refractivity contribution is 8.76. The van der Waals surface area contributed by atoms with Gasteiger partial charge in [0.15, 0.2) is 0 Å². The molecule has 0 spiro atoms. The summed E-state index contributed by atoms with van der Waals surface area (Å²) in [6.07, 6.45) is 2.39. The highest BCUT2D eigenvalue weighted by Crippen LogP contribution is 2.30. The van der Waals surface area contributed by atoms with E-state index < -0.39 is 0 Å². The summed E-state index contributed by atoms with van der Waals surface area (Å²) in [7, 11) is 3.92. The summed E-state index contributed by atoms with van der Waals surface area (Å²) in [5.41, 5.74) is 0. The molecule has 0 rings (SSSR count). The molecule has 0 saturated heterocycles. The van der Waals surface area contributed by atoms with Crippen LogP contribution in [0.1, 0.15) is 26.7 Å². The van der Waals surface area contributed by atoms with Crippen molar-refractivity contribution < 1.29 is 0 Å². The molecule has 3 heteroatoms. The molecule has 0 aliphatic carbocycles. The molecule has 62 valence electrons. The summed E-state index contributed by atoms with van der Waals surface area (Å²) in [6.45, 7) is 4.41.